The van der Waals surface area contributed by atoms with Crippen molar-refractivity contribution in [1.82, 2.24) is 0 Å². The number of hydrogen-bond acceptors (Lipinski definition) is 2. The lowest BCUT2D eigenvalue weighted by Crippen LogP contribution is -2.12. The molecule has 2 nitrogen and oxygen atoms in total. The molecule has 0 radical (unpaired) electrons. The van der Waals surface area contributed by atoms with Crippen LogP contribution in [0, 0.1) is 5.92 Å². The molecule has 1 atom stereocenters. The number of aryl methyl sites for hydroxylation is 1. The summed E-state index contributed by atoms with van der Waals surface area (Å²) in [5.74, 6) is 0.951. The average Bonchev–Trinajstić information content (AvgIpc) is 3.11. The highest BCUT2D eigenvalue weighted by atomic mass is 16.3. The molecule has 3 N–H and O–H groups in total. The Hall–Kier alpha value is -1.02. The molecule has 1 aromatic carbocycles. The number of unbranched alkanes of at least 4 members (excludes halogenated alkanes) is 1. The van der Waals surface area contributed by atoms with Gasteiger partial charge in [0, 0.05) is 11.6 Å². The Bertz CT molecular complexity index is 358. The molecular weight excluding hydrogens is 198 g/mol. The van der Waals surface area contributed by atoms with Crippen LogP contribution in [0.5, 0.6) is 5.75 Å². The Balaban J connectivity index is 2.14. The van der Waals surface area contributed by atoms with Crippen molar-refractivity contribution in [3.05, 3.63) is 29.3 Å². The molecular formula is C14H21NO. The van der Waals surface area contributed by atoms with Crippen molar-refractivity contribution in [2.75, 3.05) is 0 Å². The lowest BCUT2D eigenvalue weighted by Gasteiger charge is -2.14. The number of phenols is 1. The molecule has 0 aromatic heterocycles. The van der Waals surface area contributed by atoms with Gasteiger partial charge in [-0.1, -0.05) is 25.5 Å². The molecule has 0 heterocycles. The Labute approximate surface area is 97.5 Å². The summed E-state index contributed by atoms with van der Waals surface area (Å²) in [7, 11) is 0. The van der Waals surface area contributed by atoms with Crippen LogP contribution in [0.4, 0.5) is 0 Å². The van der Waals surface area contributed by atoms with Crippen molar-refractivity contribution in [2.45, 2.75) is 45.1 Å². The molecule has 1 aliphatic rings. The van der Waals surface area contributed by atoms with Gasteiger partial charge in [-0.25, -0.2) is 0 Å². The predicted octanol–water partition coefficient (Wildman–Crippen LogP) is 3.14. The summed E-state index contributed by atoms with van der Waals surface area (Å²) in [5, 5.41) is 9.83. The summed E-state index contributed by atoms with van der Waals surface area (Å²) >= 11 is 0. The molecule has 1 fully saturated rings. The molecule has 0 spiro atoms. The van der Waals surface area contributed by atoms with E-state index in [4.69, 9.17) is 5.73 Å². The first-order valence-electron chi connectivity index (χ1n) is 6.29. The van der Waals surface area contributed by atoms with Gasteiger partial charge < -0.3 is 10.8 Å². The van der Waals surface area contributed by atoms with Crippen LogP contribution in [0.25, 0.3) is 0 Å². The van der Waals surface area contributed by atoms with Crippen LogP contribution in [0.2, 0.25) is 0 Å². The Morgan fingerprint density at radius 1 is 1.44 bits per heavy atom. The highest BCUT2D eigenvalue weighted by molar-refractivity contribution is 5.39. The van der Waals surface area contributed by atoms with Crippen LogP contribution in [-0.2, 0) is 6.42 Å². The molecule has 1 saturated carbocycles. The van der Waals surface area contributed by atoms with E-state index in [0.717, 1.165) is 12.0 Å². The summed E-state index contributed by atoms with van der Waals surface area (Å²) < 4.78 is 0. The number of nitrogens with two attached hydrogens (primary N) is 1. The van der Waals surface area contributed by atoms with Crippen LogP contribution in [-0.4, -0.2) is 5.11 Å². The molecule has 1 unspecified atom stereocenters. The smallest absolute Gasteiger partial charge is 0.120 e. The fourth-order valence-corrected chi connectivity index (χ4v) is 2.12. The van der Waals surface area contributed by atoms with Gasteiger partial charge in [0.1, 0.15) is 5.75 Å². The highest BCUT2D eigenvalue weighted by Crippen LogP contribution is 2.42. The van der Waals surface area contributed by atoms with E-state index in [1.165, 1.54) is 31.2 Å². The minimum Gasteiger partial charge on any atom is -0.508 e. The van der Waals surface area contributed by atoms with Gasteiger partial charge in [-0.15, -0.1) is 0 Å². The number of rotatable bonds is 5. The fourth-order valence-electron chi connectivity index (χ4n) is 2.12. The van der Waals surface area contributed by atoms with Crippen molar-refractivity contribution in [2.24, 2.45) is 11.7 Å². The van der Waals surface area contributed by atoms with E-state index in [0.29, 0.717) is 11.7 Å². The maximum atomic E-state index is 9.83. The van der Waals surface area contributed by atoms with E-state index in [-0.39, 0.29) is 6.04 Å². The zero-order chi connectivity index (χ0) is 11.5. The third-order valence-electron chi connectivity index (χ3n) is 3.40. The minimum atomic E-state index is 0.0292. The molecule has 2 heteroatoms. The van der Waals surface area contributed by atoms with Crippen LogP contribution in [0.15, 0.2) is 18.2 Å². The van der Waals surface area contributed by atoms with E-state index in [1.807, 2.05) is 6.07 Å². The predicted molar refractivity (Wildman–Crippen MR) is 66.4 cm³/mol. The molecule has 16 heavy (non-hydrogen) atoms. The second-order valence-corrected chi connectivity index (χ2v) is 4.86. The maximum absolute atomic E-state index is 9.83. The standard InChI is InChI=1S/C14H21NO/c1-2-3-4-10-5-8-13(16)12(9-10)14(15)11-6-7-11/h5,8-9,11,14,16H,2-4,6-7,15H2,1H3. The summed E-state index contributed by atoms with van der Waals surface area (Å²) in [6.07, 6.45) is 5.90. The molecule has 1 aromatic rings. The summed E-state index contributed by atoms with van der Waals surface area (Å²) in [6, 6.07) is 5.92. The van der Waals surface area contributed by atoms with Crippen LogP contribution in [0.1, 0.15) is 49.8 Å². The number of benzene rings is 1. The lowest BCUT2D eigenvalue weighted by molar-refractivity contribution is 0.455. The van der Waals surface area contributed by atoms with Gasteiger partial charge in [0.2, 0.25) is 0 Å². The van der Waals surface area contributed by atoms with Crippen molar-refractivity contribution < 1.29 is 5.11 Å². The zero-order valence-electron chi connectivity index (χ0n) is 9.95. The quantitative estimate of drug-likeness (QED) is 0.799. The van der Waals surface area contributed by atoms with Crippen molar-refractivity contribution >= 4 is 0 Å². The maximum Gasteiger partial charge on any atom is 0.120 e. The zero-order valence-corrected chi connectivity index (χ0v) is 9.95. The van der Waals surface area contributed by atoms with Gasteiger partial charge in [0.15, 0.2) is 0 Å². The first-order valence-corrected chi connectivity index (χ1v) is 6.29. The largest absolute Gasteiger partial charge is 0.508 e. The molecule has 0 saturated heterocycles. The van der Waals surface area contributed by atoms with E-state index in [1.54, 1.807) is 6.07 Å². The first kappa shape index (κ1) is 11.5. The molecule has 1 aliphatic carbocycles. The third-order valence-corrected chi connectivity index (χ3v) is 3.40. The Morgan fingerprint density at radius 3 is 2.81 bits per heavy atom. The number of hydrogen-bond donors (Lipinski definition) is 2. The van der Waals surface area contributed by atoms with Crippen LogP contribution in [0.3, 0.4) is 0 Å². The number of phenolic OH excluding ortho intramolecular Hbond substituents is 1. The van der Waals surface area contributed by atoms with E-state index in [9.17, 15) is 5.11 Å². The topological polar surface area (TPSA) is 46.2 Å². The molecule has 0 aliphatic heterocycles. The van der Waals surface area contributed by atoms with Crippen molar-refractivity contribution in [1.29, 1.82) is 0 Å². The number of aromatic hydroxyl groups is 1. The van der Waals surface area contributed by atoms with Crippen molar-refractivity contribution in [3.63, 3.8) is 0 Å². The molecule has 2 rings (SSSR count). The first-order chi connectivity index (χ1) is 7.72. The van der Waals surface area contributed by atoms with E-state index in [2.05, 4.69) is 13.0 Å². The van der Waals surface area contributed by atoms with Gasteiger partial charge in [0.25, 0.3) is 0 Å². The van der Waals surface area contributed by atoms with E-state index >= 15 is 0 Å². The fraction of sp³-hybridized carbons (Fsp3) is 0.571. The van der Waals surface area contributed by atoms with E-state index < -0.39 is 0 Å². The van der Waals surface area contributed by atoms with Gasteiger partial charge >= 0.3 is 0 Å². The molecule has 0 amide bonds. The summed E-state index contributed by atoms with van der Waals surface area (Å²) in [5.41, 5.74) is 8.38. The second-order valence-electron chi connectivity index (χ2n) is 4.86. The summed E-state index contributed by atoms with van der Waals surface area (Å²) in [4.78, 5) is 0. The monoisotopic (exact) mass is 219 g/mol. The average molecular weight is 219 g/mol. The van der Waals surface area contributed by atoms with Gasteiger partial charge in [-0.2, -0.15) is 0 Å². The van der Waals surface area contributed by atoms with Crippen LogP contribution < -0.4 is 5.73 Å². The SMILES string of the molecule is CCCCc1ccc(O)c(C(N)C2CC2)c1. The van der Waals surface area contributed by atoms with Crippen molar-refractivity contribution in [3.8, 4) is 5.75 Å². The highest BCUT2D eigenvalue weighted by Gasteiger charge is 2.30. The van der Waals surface area contributed by atoms with Gasteiger partial charge in [0.05, 0.1) is 0 Å². The van der Waals surface area contributed by atoms with Gasteiger partial charge in [-0.3, -0.25) is 0 Å². The lowest BCUT2D eigenvalue weighted by atomic mass is 9.98. The molecule has 88 valence electrons. The Morgan fingerprint density at radius 2 is 2.19 bits per heavy atom. The van der Waals surface area contributed by atoms with Crippen LogP contribution >= 0.6 is 0 Å². The van der Waals surface area contributed by atoms with Gasteiger partial charge in [-0.05, 0) is 43.2 Å². The summed E-state index contributed by atoms with van der Waals surface area (Å²) in [6.45, 7) is 2.19. The normalized spacial score (nSPS) is 17.4. The minimum absolute atomic E-state index is 0.0292. The second kappa shape index (κ2) is 4.88. The molecule has 0 bridgehead atoms. The third kappa shape index (κ3) is 2.56. The Kier molecular flexibility index (Phi) is 3.49.